The number of nitrogens with zero attached hydrogens (tertiary/aromatic N) is 2. The van der Waals surface area contributed by atoms with E-state index in [0.29, 0.717) is 38.7 Å². The Kier molecular flexibility index (Phi) is 7.32. The van der Waals surface area contributed by atoms with E-state index >= 15 is 0 Å². The van der Waals surface area contributed by atoms with Gasteiger partial charge in [0, 0.05) is 33.0 Å². The van der Waals surface area contributed by atoms with Crippen LogP contribution in [0.3, 0.4) is 0 Å². The summed E-state index contributed by atoms with van der Waals surface area (Å²) in [6.45, 7) is 6.27. The van der Waals surface area contributed by atoms with Gasteiger partial charge in [0.2, 0.25) is 0 Å². The van der Waals surface area contributed by atoms with Gasteiger partial charge in [0.1, 0.15) is 0 Å². The van der Waals surface area contributed by atoms with E-state index in [1.807, 2.05) is 54.6 Å². The Morgan fingerprint density at radius 1 is 0.500 bits per heavy atom. The van der Waals surface area contributed by atoms with Crippen LogP contribution in [0.5, 0.6) is 0 Å². The Labute approximate surface area is 354 Å². The second-order valence-electron chi connectivity index (χ2n) is 16.8. The molecule has 10 aromatic rings. The molecule has 0 aromatic heterocycles. The molecule has 1 N–H and O–H groups in total. The lowest BCUT2D eigenvalue weighted by Gasteiger charge is -2.32. The standard InChI is InChI=1S/C52H34N2O7S/c1-4-7-26-8-5-11-29(25(2)3)48(26)54-51(57)40-22-18-36-32-14-12-30-34-16-20-38-46-39(50(56)53(49(38)55)27-9-6-10-28(24-27)62(59,60)61)21-17-35(44(34)46)31-13-15-33(43(32)42(30)31)37-19-23-41(52(54)58)47(40)45(36)37/h5-6,8-25H,4,7H2,1-3H3,(H,59,60,61). The van der Waals surface area contributed by atoms with Crippen molar-refractivity contribution in [2.45, 2.75) is 44.4 Å². The molecule has 0 bridgehead atoms. The average molecular weight is 831 g/mol. The van der Waals surface area contributed by atoms with Crippen LogP contribution < -0.4 is 9.80 Å². The average Bonchev–Trinajstić information content (AvgIpc) is 3.26. The van der Waals surface area contributed by atoms with Gasteiger partial charge in [-0.25, -0.2) is 9.80 Å². The first-order valence-corrected chi connectivity index (χ1v) is 22.1. The Bertz CT molecular complexity index is 3700. The first kappa shape index (κ1) is 36.6. The molecule has 0 aliphatic carbocycles. The number of aryl methyl sites for hydroxylation is 1. The highest BCUT2D eigenvalue weighted by Crippen LogP contribution is 2.50. The van der Waals surface area contributed by atoms with Gasteiger partial charge in [-0.15, -0.1) is 0 Å². The summed E-state index contributed by atoms with van der Waals surface area (Å²) in [4.78, 5) is 59.9. The van der Waals surface area contributed by atoms with E-state index in [9.17, 15) is 32.1 Å². The highest BCUT2D eigenvalue weighted by molar-refractivity contribution is 7.85. The molecular formula is C52H34N2O7S. The van der Waals surface area contributed by atoms with E-state index in [1.54, 1.807) is 12.1 Å². The smallest absolute Gasteiger partial charge is 0.282 e. The summed E-state index contributed by atoms with van der Waals surface area (Å²) < 4.78 is 33.6. The van der Waals surface area contributed by atoms with E-state index in [-0.39, 0.29) is 23.4 Å². The van der Waals surface area contributed by atoms with Gasteiger partial charge >= 0.3 is 0 Å². The van der Waals surface area contributed by atoms with Crippen molar-refractivity contribution < 1.29 is 32.1 Å². The van der Waals surface area contributed by atoms with Crippen LogP contribution >= 0.6 is 0 Å². The van der Waals surface area contributed by atoms with Gasteiger partial charge < -0.3 is 0 Å². The second-order valence-corrected chi connectivity index (χ2v) is 18.3. The van der Waals surface area contributed by atoms with E-state index in [0.717, 1.165) is 99.6 Å². The van der Waals surface area contributed by atoms with Gasteiger partial charge in [0.25, 0.3) is 33.7 Å². The Balaban J connectivity index is 1.08. The van der Waals surface area contributed by atoms with Crippen molar-refractivity contribution in [3.05, 3.63) is 149 Å². The number of benzene rings is 10. The molecule has 0 radical (unpaired) electrons. The molecule has 0 saturated heterocycles. The first-order valence-electron chi connectivity index (χ1n) is 20.7. The minimum absolute atomic E-state index is 0.0305. The van der Waals surface area contributed by atoms with Gasteiger partial charge in [-0.3, -0.25) is 23.7 Å². The fraction of sp³-hybridized carbons (Fsp3) is 0.115. The maximum absolute atomic E-state index is 14.7. The van der Waals surface area contributed by atoms with E-state index in [2.05, 4.69) is 45.0 Å². The third kappa shape index (κ3) is 4.57. The molecule has 2 aliphatic heterocycles. The quantitative estimate of drug-likeness (QED) is 0.0764. The molecule has 62 heavy (non-hydrogen) atoms. The number of rotatable bonds is 6. The molecule has 0 atom stereocenters. The third-order valence-electron chi connectivity index (χ3n) is 13.3. The lowest BCUT2D eigenvalue weighted by atomic mass is 9.80. The van der Waals surface area contributed by atoms with E-state index < -0.39 is 26.8 Å². The molecule has 10 aromatic carbocycles. The number of anilines is 2. The summed E-state index contributed by atoms with van der Waals surface area (Å²) >= 11 is 0. The van der Waals surface area contributed by atoms with Crippen LogP contribution in [-0.4, -0.2) is 36.6 Å². The number of carbonyl (C=O) groups excluding carboxylic acids is 4. The molecule has 0 saturated carbocycles. The van der Waals surface area contributed by atoms with Crippen molar-refractivity contribution in [2.75, 3.05) is 9.80 Å². The number of carbonyl (C=O) groups is 4. The van der Waals surface area contributed by atoms with Gasteiger partial charge in [0.15, 0.2) is 0 Å². The molecule has 2 heterocycles. The maximum Gasteiger partial charge on any atom is 0.294 e. The van der Waals surface area contributed by atoms with Gasteiger partial charge in [0.05, 0.1) is 16.3 Å². The Morgan fingerprint density at radius 3 is 1.29 bits per heavy atom. The summed E-state index contributed by atoms with van der Waals surface area (Å²) in [5.41, 5.74) is 4.27. The number of fused-ring (bicyclic) bond motifs is 4. The van der Waals surface area contributed by atoms with Gasteiger partial charge in [-0.1, -0.05) is 100.0 Å². The molecular weight excluding hydrogens is 797 g/mol. The maximum atomic E-state index is 14.7. The first-order chi connectivity index (χ1) is 29.9. The molecule has 2 aliphatic rings. The predicted molar refractivity (Wildman–Crippen MR) is 244 cm³/mol. The highest BCUT2D eigenvalue weighted by atomic mass is 32.2. The summed E-state index contributed by atoms with van der Waals surface area (Å²) in [6, 6.07) is 34.6. The molecule has 0 fully saturated rings. The van der Waals surface area contributed by atoms with Crippen LogP contribution in [0.1, 0.15) is 85.7 Å². The monoisotopic (exact) mass is 830 g/mol. The van der Waals surface area contributed by atoms with E-state index in [1.165, 1.54) is 23.1 Å². The Morgan fingerprint density at radius 2 is 0.887 bits per heavy atom. The van der Waals surface area contributed by atoms with Crippen LogP contribution in [0.25, 0.3) is 75.4 Å². The summed E-state index contributed by atoms with van der Waals surface area (Å²) in [5.74, 6) is -1.75. The molecule has 4 amide bonds. The predicted octanol–water partition coefficient (Wildman–Crippen LogP) is 11.6. The van der Waals surface area contributed by atoms with E-state index in [4.69, 9.17) is 0 Å². The lowest BCUT2D eigenvalue weighted by molar-refractivity contribution is 0.0877. The van der Waals surface area contributed by atoms with Crippen molar-refractivity contribution in [3.63, 3.8) is 0 Å². The summed E-state index contributed by atoms with van der Waals surface area (Å²) in [5, 5.41) is 12.4. The number of hydrogen-bond acceptors (Lipinski definition) is 6. The second kappa shape index (κ2) is 12.4. The van der Waals surface area contributed by atoms with Gasteiger partial charge in [-0.2, -0.15) is 8.42 Å². The van der Waals surface area contributed by atoms with Gasteiger partial charge in [-0.05, 0) is 131 Å². The van der Waals surface area contributed by atoms with Crippen molar-refractivity contribution in [1.29, 1.82) is 0 Å². The molecule has 9 nitrogen and oxygen atoms in total. The molecule has 12 rings (SSSR count). The Hall–Kier alpha value is -7.27. The van der Waals surface area contributed by atoms with Crippen molar-refractivity contribution >= 4 is 121 Å². The zero-order valence-electron chi connectivity index (χ0n) is 33.7. The van der Waals surface area contributed by atoms with Crippen LogP contribution in [0.4, 0.5) is 11.4 Å². The fourth-order valence-electron chi connectivity index (χ4n) is 10.7. The molecule has 0 unspecified atom stereocenters. The molecule has 300 valence electrons. The van der Waals surface area contributed by atoms with Crippen LogP contribution in [0.15, 0.2) is 120 Å². The zero-order chi connectivity index (χ0) is 42.7. The number of amides is 4. The van der Waals surface area contributed by atoms with Crippen LogP contribution in [0.2, 0.25) is 0 Å². The minimum atomic E-state index is -4.59. The third-order valence-corrected chi connectivity index (χ3v) is 14.1. The zero-order valence-corrected chi connectivity index (χ0v) is 34.5. The lowest BCUT2D eigenvalue weighted by Crippen LogP contribution is -2.41. The number of imide groups is 2. The normalized spacial score (nSPS) is 14.6. The van der Waals surface area contributed by atoms with Crippen LogP contribution in [-0.2, 0) is 16.5 Å². The van der Waals surface area contributed by atoms with Crippen molar-refractivity contribution in [1.82, 2.24) is 0 Å². The van der Waals surface area contributed by atoms with Crippen molar-refractivity contribution in [2.24, 2.45) is 0 Å². The largest absolute Gasteiger partial charge is 0.294 e. The molecule has 0 spiro atoms. The van der Waals surface area contributed by atoms with Crippen LogP contribution in [0, 0.1) is 0 Å². The minimum Gasteiger partial charge on any atom is -0.282 e. The summed E-state index contributed by atoms with van der Waals surface area (Å²) in [7, 11) is -4.59. The topological polar surface area (TPSA) is 129 Å². The summed E-state index contributed by atoms with van der Waals surface area (Å²) in [6.07, 6.45) is 1.61. The molecule has 10 heteroatoms. The number of para-hydroxylation sites is 1. The van der Waals surface area contributed by atoms with Crippen molar-refractivity contribution in [3.8, 4) is 0 Å². The highest BCUT2D eigenvalue weighted by Gasteiger charge is 2.39. The fourth-order valence-corrected chi connectivity index (χ4v) is 11.2. The SMILES string of the molecule is CCCc1cccc(C(C)C)c1N1C(=O)c2ccc3c4ccc5c6ccc7c8c(ccc(c9ccc(c%10ccc(c2c3%10)C1=O)c4c59)c86)C(=O)N(c1cccc(S(=O)(=O)O)c1)C7=O. The number of hydrogen-bond donors (Lipinski definition) is 1.